The van der Waals surface area contributed by atoms with Crippen LogP contribution in [0.2, 0.25) is 0 Å². The molecule has 0 spiro atoms. The van der Waals surface area contributed by atoms with Gasteiger partial charge in [-0.05, 0) is 47.8 Å². The van der Waals surface area contributed by atoms with Gasteiger partial charge in [-0.2, -0.15) is 0 Å². The van der Waals surface area contributed by atoms with Crippen LogP contribution in [0.15, 0.2) is 4.99 Å². The highest BCUT2D eigenvalue weighted by Crippen LogP contribution is 1.95. The van der Waals surface area contributed by atoms with Crippen molar-refractivity contribution in [2.24, 2.45) is 10.7 Å². The third-order valence-corrected chi connectivity index (χ3v) is 2.13. The zero-order valence-electron chi connectivity index (χ0n) is 10.8. The molecular formula is C11H26N4. The molecule has 4 heteroatoms. The maximum atomic E-state index is 5.91. The Bertz CT molecular complexity index is 187. The van der Waals surface area contributed by atoms with E-state index < -0.39 is 0 Å². The van der Waals surface area contributed by atoms with Crippen molar-refractivity contribution in [1.82, 2.24) is 9.80 Å². The predicted octanol–water partition coefficient (Wildman–Crippen LogP) is 0.983. The van der Waals surface area contributed by atoms with Gasteiger partial charge in [-0.1, -0.05) is 0 Å². The van der Waals surface area contributed by atoms with Crippen molar-refractivity contribution in [2.75, 3.05) is 33.7 Å². The van der Waals surface area contributed by atoms with Crippen molar-refractivity contribution in [3.63, 3.8) is 0 Å². The van der Waals surface area contributed by atoms with E-state index in [1.54, 1.807) is 0 Å². The molecule has 90 valence electrons. The van der Waals surface area contributed by atoms with Crippen molar-refractivity contribution >= 4 is 5.96 Å². The van der Waals surface area contributed by atoms with Gasteiger partial charge in [-0.25, -0.2) is 0 Å². The average molecular weight is 214 g/mol. The summed E-state index contributed by atoms with van der Waals surface area (Å²) in [6.07, 6.45) is 1.12. The molecule has 0 aliphatic rings. The molecule has 0 aliphatic heterocycles. The summed E-state index contributed by atoms with van der Waals surface area (Å²) < 4.78 is 0. The lowest BCUT2D eigenvalue weighted by Crippen LogP contribution is -2.39. The highest BCUT2D eigenvalue weighted by Gasteiger charge is 2.05. The Balaban J connectivity index is 4.01. The summed E-state index contributed by atoms with van der Waals surface area (Å²) in [7, 11) is 4.17. The van der Waals surface area contributed by atoms with Gasteiger partial charge in [0.2, 0.25) is 0 Å². The average Bonchev–Trinajstić information content (AvgIpc) is 2.10. The first kappa shape index (κ1) is 14.2. The Hall–Kier alpha value is -0.770. The zero-order chi connectivity index (χ0) is 11.8. The second kappa shape index (κ2) is 7.51. The van der Waals surface area contributed by atoms with E-state index in [9.17, 15) is 0 Å². The maximum absolute atomic E-state index is 5.91. The standard InChI is InChI=1S/C11H26N4/c1-6-15(9-7-8-14(4)5)11(12)13-10(2)3/h10H,6-9H2,1-5H3,(H2,12,13). The third-order valence-electron chi connectivity index (χ3n) is 2.13. The Morgan fingerprint density at radius 2 is 1.87 bits per heavy atom. The summed E-state index contributed by atoms with van der Waals surface area (Å²) in [5.74, 6) is 0.672. The number of aliphatic imine (C=N–C) groups is 1. The van der Waals surface area contributed by atoms with Crippen LogP contribution < -0.4 is 5.73 Å². The highest BCUT2D eigenvalue weighted by atomic mass is 15.2. The fourth-order valence-corrected chi connectivity index (χ4v) is 1.36. The fraction of sp³-hybridized carbons (Fsp3) is 0.909. The van der Waals surface area contributed by atoms with Gasteiger partial charge >= 0.3 is 0 Å². The normalized spacial score (nSPS) is 12.6. The minimum Gasteiger partial charge on any atom is -0.370 e. The van der Waals surface area contributed by atoms with Gasteiger partial charge < -0.3 is 15.5 Å². The Labute approximate surface area is 94.1 Å². The van der Waals surface area contributed by atoms with Crippen LogP contribution >= 0.6 is 0 Å². The molecule has 2 N–H and O–H groups in total. The number of nitrogens with two attached hydrogens (primary N) is 1. The summed E-state index contributed by atoms with van der Waals surface area (Å²) in [6, 6.07) is 0.271. The van der Waals surface area contributed by atoms with Crippen molar-refractivity contribution in [3.05, 3.63) is 0 Å². The van der Waals surface area contributed by atoms with Gasteiger partial charge in [-0.3, -0.25) is 4.99 Å². The predicted molar refractivity (Wildman–Crippen MR) is 67.2 cm³/mol. The van der Waals surface area contributed by atoms with Crippen LogP contribution in [0.3, 0.4) is 0 Å². The fourth-order valence-electron chi connectivity index (χ4n) is 1.36. The summed E-state index contributed by atoms with van der Waals surface area (Å²) >= 11 is 0. The van der Waals surface area contributed by atoms with E-state index in [0.717, 1.165) is 26.1 Å². The summed E-state index contributed by atoms with van der Waals surface area (Å²) in [5, 5.41) is 0. The topological polar surface area (TPSA) is 44.9 Å². The SMILES string of the molecule is CCN(CCCN(C)C)C(N)=NC(C)C. The molecule has 0 radical (unpaired) electrons. The first-order valence-corrected chi connectivity index (χ1v) is 5.70. The molecule has 4 nitrogen and oxygen atoms in total. The van der Waals surface area contributed by atoms with E-state index in [4.69, 9.17) is 5.73 Å². The monoisotopic (exact) mass is 214 g/mol. The minimum atomic E-state index is 0.271. The molecule has 0 aromatic rings. The van der Waals surface area contributed by atoms with Gasteiger partial charge in [0.25, 0.3) is 0 Å². The summed E-state index contributed by atoms with van der Waals surface area (Å²) in [6.45, 7) is 9.19. The number of guanidine groups is 1. The lowest BCUT2D eigenvalue weighted by atomic mass is 10.3. The van der Waals surface area contributed by atoms with Gasteiger partial charge in [0.1, 0.15) is 0 Å². The maximum Gasteiger partial charge on any atom is 0.191 e. The number of hydrogen-bond donors (Lipinski definition) is 1. The number of nitrogens with zero attached hydrogens (tertiary/aromatic N) is 3. The lowest BCUT2D eigenvalue weighted by molar-refractivity contribution is 0.352. The molecule has 0 bridgehead atoms. The molecule has 0 fully saturated rings. The molecule has 0 rings (SSSR count). The van der Waals surface area contributed by atoms with Gasteiger partial charge in [-0.15, -0.1) is 0 Å². The van der Waals surface area contributed by atoms with Crippen LogP contribution in [0.5, 0.6) is 0 Å². The molecule has 0 aromatic carbocycles. The third kappa shape index (κ3) is 7.19. The van der Waals surface area contributed by atoms with Gasteiger partial charge in [0, 0.05) is 19.1 Å². The minimum absolute atomic E-state index is 0.271. The van der Waals surface area contributed by atoms with Crippen LogP contribution in [0.4, 0.5) is 0 Å². The molecule has 0 aromatic heterocycles. The van der Waals surface area contributed by atoms with E-state index in [0.29, 0.717) is 5.96 Å². The second-order valence-corrected chi connectivity index (χ2v) is 4.32. The largest absolute Gasteiger partial charge is 0.370 e. The molecule has 15 heavy (non-hydrogen) atoms. The van der Waals surface area contributed by atoms with E-state index in [1.165, 1.54) is 0 Å². The highest BCUT2D eigenvalue weighted by molar-refractivity contribution is 5.78. The molecule has 0 saturated heterocycles. The molecule has 0 unspecified atom stereocenters. The molecule has 0 atom stereocenters. The van der Waals surface area contributed by atoms with Gasteiger partial charge in [0.15, 0.2) is 5.96 Å². The van der Waals surface area contributed by atoms with Crippen LogP contribution in [-0.2, 0) is 0 Å². The summed E-state index contributed by atoms with van der Waals surface area (Å²) in [5.41, 5.74) is 5.91. The van der Waals surface area contributed by atoms with Crippen LogP contribution in [0, 0.1) is 0 Å². The number of rotatable bonds is 6. The molecule has 0 saturated carbocycles. The zero-order valence-corrected chi connectivity index (χ0v) is 10.8. The van der Waals surface area contributed by atoms with Crippen molar-refractivity contribution < 1.29 is 0 Å². The Kier molecular flexibility index (Phi) is 7.13. The molecular weight excluding hydrogens is 188 g/mol. The van der Waals surface area contributed by atoms with Crippen LogP contribution in [0.25, 0.3) is 0 Å². The Morgan fingerprint density at radius 3 is 2.27 bits per heavy atom. The second-order valence-electron chi connectivity index (χ2n) is 4.32. The van der Waals surface area contributed by atoms with Crippen LogP contribution in [-0.4, -0.2) is 55.5 Å². The first-order valence-electron chi connectivity index (χ1n) is 5.70. The van der Waals surface area contributed by atoms with Crippen molar-refractivity contribution in [3.8, 4) is 0 Å². The quantitative estimate of drug-likeness (QED) is 0.529. The van der Waals surface area contributed by atoms with Gasteiger partial charge in [0.05, 0.1) is 0 Å². The smallest absolute Gasteiger partial charge is 0.191 e. The number of hydrogen-bond acceptors (Lipinski definition) is 2. The molecule has 0 heterocycles. The molecule has 0 aliphatic carbocycles. The summed E-state index contributed by atoms with van der Waals surface area (Å²) in [4.78, 5) is 8.67. The van der Waals surface area contributed by atoms with E-state index in [2.05, 4.69) is 35.8 Å². The van der Waals surface area contributed by atoms with E-state index >= 15 is 0 Å². The molecule has 0 amide bonds. The first-order chi connectivity index (χ1) is 6.97. The Morgan fingerprint density at radius 1 is 1.27 bits per heavy atom. The van der Waals surface area contributed by atoms with Crippen molar-refractivity contribution in [1.29, 1.82) is 0 Å². The van der Waals surface area contributed by atoms with E-state index in [-0.39, 0.29) is 6.04 Å². The van der Waals surface area contributed by atoms with Crippen molar-refractivity contribution in [2.45, 2.75) is 33.2 Å². The van der Waals surface area contributed by atoms with Crippen LogP contribution in [0.1, 0.15) is 27.2 Å². The van der Waals surface area contributed by atoms with E-state index in [1.807, 2.05) is 13.8 Å². The lowest BCUT2D eigenvalue weighted by Gasteiger charge is -2.23.